The average Bonchev–Trinajstić information content (AvgIpc) is 1.63. The first-order valence-electron chi connectivity index (χ1n) is 2.74. The van der Waals surface area contributed by atoms with Gasteiger partial charge in [0.05, 0.1) is 6.61 Å². The van der Waals surface area contributed by atoms with Gasteiger partial charge in [-0.15, -0.1) is 0 Å². The van der Waals surface area contributed by atoms with Gasteiger partial charge in [-0.2, -0.15) is 10.5 Å². The lowest BCUT2D eigenvalue weighted by molar-refractivity contribution is -0.134. The Morgan fingerprint density at radius 1 is 1.67 bits per heavy atom. The number of carbonyl (C=O) groups excluding carboxylic acids is 1. The van der Waals surface area contributed by atoms with Gasteiger partial charge in [-0.1, -0.05) is 0 Å². The molecule has 0 heterocycles. The van der Waals surface area contributed by atoms with E-state index in [9.17, 15) is 4.79 Å². The molecule has 3 heteroatoms. The highest BCUT2D eigenvalue weighted by atomic mass is 32.2. The minimum Gasteiger partial charge on any atom is -0.462 e. The molecule has 0 aromatic heterocycles. The molecule has 0 radical (unpaired) electrons. The predicted molar refractivity (Wildman–Crippen MR) is 42.1 cm³/mol. The minimum atomic E-state index is -0.203. The van der Waals surface area contributed by atoms with Gasteiger partial charge in [0, 0.05) is 5.37 Å². The molecule has 0 aromatic carbocycles. The summed E-state index contributed by atoms with van der Waals surface area (Å²) in [5.41, 5.74) is 0. The molecule has 0 aliphatic heterocycles. The predicted octanol–water partition coefficient (Wildman–Crippen LogP) is 0.880. The van der Waals surface area contributed by atoms with Crippen LogP contribution in [0.1, 0.15) is 6.92 Å². The van der Waals surface area contributed by atoms with Crippen molar-refractivity contribution in [2.45, 2.75) is 6.92 Å². The summed E-state index contributed by atoms with van der Waals surface area (Å²) in [6.45, 7) is 2.27. The Kier molecular flexibility index (Phi) is 4.40. The number of hydrogen-bond donors (Lipinski definition) is 0. The van der Waals surface area contributed by atoms with E-state index in [-0.39, 0.29) is 16.5 Å². The Bertz CT molecular complexity index is 125. The van der Waals surface area contributed by atoms with Crippen molar-refractivity contribution in [2.75, 3.05) is 19.1 Å². The van der Waals surface area contributed by atoms with E-state index in [1.807, 2.05) is 12.5 Å². The standard InChI is InChI=1S/C6H12O2S/c1-4-8-6(7)5-9(2)3/h5H,4H2,1-3H3. The molecule has 0 bridgehead atoms. The number of carbonyl (C=O) groups is 1. The van der Waals surface area contributed by atoms with Gasteiger partial charge in [0.15, 0.2) is 0 Å². The second-order valence-corrected chi connectivity index (χ2v) is 3.74. The second kappa shape index (κ2) is 4.56. The van der Waals surface area contributed by atoms with E-state index in [0.29, 0.717) is 6.61 Å². The molecule has 0 atom stereocenters. The van der Waals surface area contributed by atoms with Gasteiger partial charge in [0.25, 0.3) is 0 Å². The van der Waals surface area contributed by atoms with E-state index in [2.05, 4.69) is 4.74 Å². The van der Waals surface area contributed by atoms with Gasteiger partial charge < -0.3 is 4.74 Å². The number of esters is 1. The monoisotopic (exact) mass is 148 g/mol. The highest BCUT2D eigenvalue weighted by molar-refractivity contribution is 8.14. The van der Waals surface area contributed by atoms with Crippen LogP contribution >= 0.6 is 10.5 Å². The van der Waals surface area contributed by atoms with E-state index in [1.165, 1.54) is 0 Å². The van der Waals surface area contributed by atoms with E-state index >= 15 is 0 Å². The van der Waals surface area contributed by atoms with E-state index < -0.39 is 0 Å². The smallest absolute Gasteiger partial charge is 0.336 e. The first kappa shape index (κ1) is 8.69. The van der Waals surface area contributed by atoms with E-state index in [0.717, 1.165) is 0 Å². The quantitative estimate of drug-likeness (QED) is 0.429. The Labute approximate surface area is 58.1 Å². The summed E-state index contributed by atoms with van der Waals surface area (Å²) in [4.78, 5) is 10.6. The Morgan fingerprint density at radius 2 is 2.22 bits per heavy atom. The Morgan fingerprint density at radius 3 is 2.56 bits per heavy atom. The van der Waals surface area contributed by atoms with Crippen LogP contribution in [0.15, 0.2) is 0 Å². The largest absolute Gasteiger partial charge is 0.462 e. The van der Waals surface area contributed by atoms with E-state index in [1.54, 1.807) is 12.3 Å². The van der Waals surface area contributed by atoms with Gasteiger partial charge in [-0.25, -0.2) is 4.79 Å². The summed E-state index contributed by atoms with van der Waals surface area (Å²) in [5, 5.41) is 1.59. The van der Waals surface area contributed by atoms with Crippen molar-refractivity contribution in [3.8, 4) is 0 Å². The molecule has 0 amide bonds. The van der Waals surface area contributed by atoms with Crippen LogP contribution in [0.2, 0.25) is 0 Å². The first-order chi connectivity index (χ1) is 4.16. The van der Waals surface area contributed by atoms with Crippen LogP contribution in [0.4, 0.5) is 0 Å². The lowest BCUT2D eigenvalue weighted by Gasteiger charge is -1.94. The molecule has 54 valence electrons. The third kappa shape index (κ3) is 5.56. The molecule has 0 aliphatic rings. The fraction of sp³-hybridized carbons (Fsp3) is 0.667. The van der Waals surface area contributed by atoms with Crippen LogP contribution in [-0.2, 0) is 9.53 Å². The third-order valence-electron chi connectivity index (χ3n) is 0.619. The van der Waals surface area contributed by atoms with Crippen molar-refractivity contribution in [3.63, 3.8) is 0 Å². The molecule has 0 aliphatic carbocycles. The van der Waals surface area contributed by atoms with Crippen LogP contribution < -0.4 is 0 Å². The maximum absolute atomic E-state index is 10.6. The molecule has 9 heavy (non-hydrogen) atoms. The van der Waals surface area contributed by atoms with Crippen LogP contribution in [0, 0.1) is 0 Å². The molecule has 0 aromatic rings. The van der Waals surface area contributed by atoms with Crippen molar-refractivity contribution in [2.24, 2.45) is 0 Å². The molecule has 0 N–H and O–H groups in total. The van der Waals surface area contributed by atoms with Crippen molar-refractivity contribution >= 4 is 21.8 Å². The molecular formula is C6H12O2S. The molecule has 0 rings (SSSR count). The van der Waals surface area contributed by atoms with Crippen LogP contribution in [0.3, 0.4) is 0 Å². The summed E-state index contributed by atoms with van der Waals surface area (Å²) >= 11 is 0. The van der Waals surface area contributed by atoms with Crippen LogP contribution in [-0.4, -0.2) is 30.5 Å². The SMILES string of the molecule is CCOC(=O)C=S(C)C. The van der Waals surface area contributed by atoms with Crippen molar-refractivity contribution < 1.29 is 9.53 Å². The van der Waals surface area contributed by atoms with E-state index in [4.69, 9.17) is 0 Å². The number of hydrogen-bond acceptors (Lipinski definition) is 2. The summed E-state index contributed by atoms with van der Waals surface area (Å²) in [7, 11) is 0.0533. The van der Waals surface area contributed by atoms with Gasteiger partial charge >= 0.3 is 5.97 Å². The zero-order valence-electron chi connectivity index (χ0n) is 6.01. The van der Waals surface area contributed by atoms with Crippen molar-refractivity contribution in [1.29, 1.82) is 0 Å². The molecule has 0 spiro atoms. The number of rotatable bonds is 2. The first-order valence-corrected chi connectivity index (χ1v) is 4.85. The zero-order valence-corrected chi connectivity index (χ0v) is 6.83. The van der Waals surface area contributed by atoms with Crippen LogP contribution in [0.5, 0.6) is 0 Å². The van der Waals surface area contributed by atoms with Crippen LogP contribution in [0.25, 0.3) is 0 Å². The van der Waals surface area contributed by atoms with Crippen molar-refractivity contribution in [1.82, 2.24) is 0 Å². The summed E-state index contributed by atoms with van der Waals surface area (Å²) in [6, 6.07) is 0. The van der Waals surface area contributed by atoms with Gasteiger partial charge in [-0.05, 0) is 19.4 Å². The minimum absolute atomic E-state index is 0.0533. The normalized spacial score (nSPS) is 9.33. The lowest BCUT2D eigenvalue weighted by atomic mass is 10.8. The van der Waals surface area contributed by atoms with Gasteiger partial charge in [0.1, 0.15) is 0 Å². The lowest BCUT2D eigenvalue weighted by Crippen LogP contribution is -2.04. The summed E-state index contributed by atoms with van der Waals surface area (Å²) < 4.78 is 4.67. The highest BCUT2D eigenvalue weighted by Gasteiger charge is 1.91. The number of ether oxygens (including phenoxy) is 1. The van der Waals surface area contributed by atoms with Gasteiger partial charge in [-0.3, -0.25) is 0 Å². The zero-order chi connectivity index (χ0) is 7.28. The highest BCUT2D eigenvalue weighted by Crippen LogP contribution is 1.94. The van der Waals surface area contributed by atoms with Crippen molar-refractivity contribution in [3.05, 3.63) is 0 Å². The molecule has 0 unspecified atom stereocenters. The molecule has 0 fully saturated rings. The molecule has 0 saturated carbocycles. The molecule has 0 saturated heterocycles. The molecule has 2 nitrogen and oxygen atoms in total. The maximum Gasteiger partial charge on any atom is 0.336 e. The summed E-state index contributed by atoms with van der Waals surface area (Å²) in [5.74, 6) is -0.203. The fourth-order valence-electron chi connectivity index (χ4n) is 0.369. The molecular weight excluding hydrogens is 136 g/mol. The average molecular weight is 148 g/mol. The second-order valence-electron chi connectivity index (χ2n) is 1.75. The Hall–Kier alpha value is -0.310. The maximum atomic E-state index is 10.6. The Balaban J connectivity index is 3.63. The summed E-state index contributed by atoms with van der Waals surface area (Å²) in [6.07, 6.45) is 3.94. The fourth-order valence-corrected chi connectivity index (χ4v) is 0.822. The third-order valence-corrected chi connectivity index (χ3v) is 1.28. The topological polar surface area (TPSA) is 26.3 Å². The van der Waals surface area contributed by atoms with Gasteiger partial charge in [0.2, 0.25) is 0 Å².